The summed E-state index contributed by atoms with van der Waals surface area (Å²) in [7, 11) is 0. The highest BCUT2D eigenvalue weighted by molar-refractivity contribution is 7.99. The minimum atomic E-state index is 0.152. The second kappa shape index (κ2) is 7.74. The summed E-state index contributed by atoms with van der Waals surface area (Å²) in [5.41, 5.74) is 7.08. The standard InChI is InChI=1S/C12H19NOS/c1-2-15-10-12(13)9-14-8-11-6-4-3-5-7-11/h3-7,12H,2,8-10,13H2,1H3/t12-/m0/s1. The molecular weight excluding hydrogens is 206 g/mol. The molecule has 1 atom stereocenters. The Bertz CT molecular complexity index is 253. The van der Waals surface area contributed by atoms with Gasteiger partial charge in [-0.2, -0.15) is 11.8 Å². The van der Waals surface area contributed by atoms with Crippen molar-refractivity contribution in [1.82, 2.24) is 0 Å². The van der Waals surface area contributed by atoms with Crippen LogP contribution in [0.2, 0.25) is 0 Å². The van der Waals surface area contributed by atoms with Crippen molar-refractivity contribution in [3.8, 4) is 0 Å². The van der Waals surface area contributed by atoms with Crippen LogP contribution in [0.15, 0.2) is 30.3 Å². The smallest absolute Gasteiger partial charge is 0.0717 e. The van der Waals surface area contributed by atoms with E-state index in [1.54, 1.807) is 0 Å². The maximum absolute atomic E-state index is 5.88. The van der Waals surface area contributed by atoms with E-state index in [-0.39, 0.29) is 6.04 Å². The molecular formula is C12H19NOS. The van der Waals surface area contributed by atoms with Gasteiger partial charge in [-0.15, -0.1) is 0 Å². The lowest BCUT2D eigenvalue weighted by Crippen LogP contribution is -2.28. The Hall–Kier alpha value is -0.510. The Morgan fingerprint density at radius 3 is 2.73 bits per heavy atom. The molecule has 0 saturated carbocycles. The van der Waals surface area contributed by atoms with Crippen molar-refractivity contribution in [2.75, 3.05) is 18.1 Å². The molecule has 0 unspecified atom stereocenters. The first-order valence-electron chi connectivity index (χ1n) is 5.28. The van der Waals surface area contributed by atoms with Crippen LogP contribution in [-0.4, -0.2) is 24.2 Å². The van der Waals surface area contributed by atoms with Gasteiger partial charge >= 0.3 is 0 Å². The third-order valence-corrected chi connectivity index (χ3v) is 3.05. The SMILES string of the molecule is CCSC[C@@H](N)COCc1ccccc1. The van der Waals surface area contributed by atoms with Gasteiger partial charge in [0.2, 0.25) is 0 Å². The van der Waals surface area contributed by atoms with E-state index in [2.05, 4.69) is 19.1 Å². The van der Waals surface area contributed by atoms with Gasteiger partial charge in [0.25, 0.3) is 0 Å². The predicted molar refractivity (Wildman–Crippen MR) is 67.1 cm³/mol. The summed E-state index contributed by atoms with van der Waals surface area (Å²) in [4.78, 5) is 0. The molecule has 0 aliphatic carbocycles. The molecule has 1 aromatic rings. The fraction of sp³-hybridized carbons (Fsp3) is 0.500. The van der Waals surface area contributed by atoms with Gasteiger partial charge in [0, 0.05) is 11.8 Å². The normalized spacial score (nSPS) is 12.7. The molecule has 0 aliphatic rings. The van der Waals surface area contributed by atoms with Gasteiger partial charge in [-0.05, 0) is 11.3 Å². The molecule has 0 heterocycles. The number of ether oxygens (including phenoxy) is 1. The molecule has 3 heteroatoms. The quantitative estimate of drug-likeness (QED) is 0.773. The predicted octanol–water partition coefficient (Wildman–Crippen LogP) is 2.28. The minimum absolute atomic E-state index is 0.152. The zero-order valence-corrected chi connectivity index (χ0v) is 10.0. The monoisotopic (exact) mass is 225 g/mol. The van der Waals surface area contributed by atoms with E-state index < -0.39 is 0 Å². The molecule has 2 N–H and O–H groups in total. The average Bonchev–Trinajstić information content (AvgIpc) is 2.28. The van der Waals surface area contributed by atoms with Crippen molar-refractivity contribution in [1.29, 1.82) is 0 Å². The Balaban J connectivity index is 2.11. The molecule has 1 rings (SSSR count). The van der Waals surface area contributed by atoms with Gasteiger partial charge in [-0.3, -0.25) is 0 Å². The summed E-state index contributed by atoms with van der Waals surface area (Å²) in [6, 6.07) is 10.3. The topological polar surface area (TPSA) is 35.2 Å². The summed E-state index contributed by atoms with van der Waals surface area (Å²) in [5, 5.41) is 0. The van der Waals surface area contributed by atoms with E-state index in [4.69, 9.17) is 10.5 Å². The first kappa shape index (κ1) is 12.6. The van der Waals surface area contributed by atoms with Gasteiger partial charge in [-0.25, -0.2) is 0 Å². The second-order valence-corrected chi connectivity index (χ2v) is 4.74. The summed E-state index contributed by atoms with van der Waals surface area (Å²) >= 11 is 1.86. The zero-order valence-electron chi connectivity index (χ0n) is 9.19. The molecule has 0 saturated heterocycles. The highest BCUT2D eigenvalue weighted by Gasteiger charge is 2.01. The fourth-order valence-corrected chi connectivity index (χ4v) is 1.85. The van der Waals surface area contributed by atoms with E-state index in [0.717, 1.165) is 11.5 Å². The molecule has 0 radical (unpaired) electrons. The van der Waals surface area contributed by atoms with Crippen molar-refractivity contribution < 1.29 is 4.74 Å². The van der Waals surface area contributed by atoms with Crippen molar-refractivity contribution >= 4 is 11.8 Å². The molecule has 0 spiro atoms. The van der Waals surface area contributed by atoms with Crippen molar-refractivity contribution in [2.45, 2.75) is 19.6 Å². The van der Waals surface area contributed by atoms with Crippen LogP contribution in [0.25, 0.3) is 0 Å². The van der Waals surface area contributed by atoms with E-state index >= 15 is 0 Å². The van der Waals surface area contributed by atoms with Crippen LogP contribution in [0.1, 0.15) is 12.5 Å². The number of hydrogen-bond acceptors (Lipinski definition) is 3. The lowest BCUT2D eigenvalue weighted by atomic mass is 10.2. The highest BCUT2D eigenvalue weighted by atomic mass is 32.2. The Morgan fingerprint density at radius 2 is 2.07 bits per heavy atom. The maximum atomic E-state index is 5.88. The average molecular weight is 225 g/mol. The van der Waals surface area contributed by atoms with Crippen LogP contribution in [0.3, 0.4) is 0 Å². The van der Waals surface area contributed by atoms with Crippen LogP contribution in [0.5, 0.6) is 0 Å². The number of rotatable bonds is 7. The third kappa shape index (κ3) is 5.82. The van der Waals surface area contributed by atoms with E-state index in [1.165, 1.54) is 5.56 Å². The first-order valence-corrected chi connectivity index (χ1v) is 6.43. The summed E-state index contributed by atoms with van der Waals surface area (Å²) in [6.07, 6.45) is 0. The fourth-order valence-electron chi connectivity index (χ4n) is 1.22. The lowest BCUT2D eigenvalue weighted by Gasteiger charge is -2.11. The molecule has 0 fully saturated rings. The van der Waals surface area contributed by atoms with Crippen molar-refractivity contribution in [2.24, 2.45) is 5.73 Å². The molecule has 0 aliphatic heterocycles. The number of nitrogens with two attached hydrogens (primary N) is 1. The van der Waals surface area contributed by atoms with Crippen LogP contribution >= 0.6 is 11.8 Å². The molecule has 0 amide bonds. The number of hydrogen-bond donors (Lipinski definition) is 1. The van der Waals surface area contributed by atoms with Gasteiger partial charge in [-0.1, -0.05) is 37.3 Å². The third-order valence-electron chi connectivity index (χ3n) is 1.98. The number of thioether (sulfide) groups is 1. The second-order valence-electron chi connectivity index (χ2n) is 3.42. The largest absolute Gasteiger partial charge is 0.375 e. The highest BCUT2D eigenvalue weighted by Crippen LogP contribution is 2.03. The van der Waals surface area contributed by atoms with Gasteiger partial charge < -0.3 is 10.5 Å². The van der Waals surface area contributed by atoms with Gasteiger partial charge in [0.05, 0.1) is 13.2 Å². The Labute approximate surface area is 96.2 Å². The van der Waals surface area contributed by atoms with Crippen LogP contribution in [0.4, 0.5) is 0 Å². The lowest BCUT2D eigenvalue weighted by molar-refractivity contribution is 0.112. The van der Waals surface area contributed by atoms with Crippen molar-refractivity contribution in [3.05, 3.63) is 35.9 Å². The molecule has 84 valence electrons. The van der Waals surface area contributed by atoms with E-state index in [9.17, 15) is 0 Å². The molecule has 15 heavy (non-hydrogen) atoms. The van der Waals surface area contributed by atoms with Crippen LogP contribution in [-0.2, 0) is 11.3 Å². The maximum Gasteiger partial charge on any atom is 0.0717 e. The Morgan fingerprint density at radius 1 is 1.33 bits per heavy atom. The molecule has 0 aromatic heterocycles. The summed E-state index contributed by atoms with van der Waals surface area (Å²) in [5.74, 6) is 2.09. The molecule has 0 bridgehead atoms. The van der Waals surface area contributed by atoms with Crippen molar-refractivity contribution in [3.63, 3.8) is 0 Å². The first-order chi connectivity index (χ1) is 7.33. The van der Waals surface area contributed by atoms with E-state index in [0.29, 0.717) is 13.2 Å². The van der Waals surface area contributed by atoms with Gasteiger partial charge in [0.15, 0.2) is 0 Å². The van der Waals surface area contributed by atoms with Gasteiger partial charge in [0.1, 0.15) is 0 Å². The summed E-state index contributed by atoms with van der Waals surface area (Å²) < 4.78 is 5.54. The van der Waals surface area contributed by atoms with Crippen LogP contribution in [0, 0.1) is 0 Å². The van der Waals surface area contributed by atoms with E-state index in [1.807, 2.05) is 30.0 Å². The van der Waals surface area contributed by atoms with Crippen LogP contribution < -0.4 is 5.73 Å². The molecule has 2 nitrogen and oxygen atoms in total. The Kier molecular flexibility index (Phi) is 6.48. The number of benzene rings is 1. The summed E-state index contributed by atoms with van der Waals surface area (Å²) in [6.45, 7) is 3.44. The zero-order chi connectivity index (χ0) is 10.9. The minimum Gasteiger partial charge on any atom is -0.375 e. The molecule has 1 aromatic carbocycles.